The highest BCUT2D eigenvalue weighted by atomic mass is 35.5. The summed E-state index contributed by atoms with van der Waals surface area (Å²) in [5, 5.41) is 15.4. The number of halogens is 1. The average Bonchev–Trinajstić information content (AvgIpc) is 3.46. The van der Waals surface area contributed by atoms with E-state index in [0.717, 1.165) is 12.8 Å². The summed E-state index contributed by atoms with van der Waals surface area (Å²) in [6.07, 6.45) is 1.60. The molecule has 1 fully saturated rings. The van der Waals surface area contributed by atoms with E-state index in [4.69, 9.17) is 16.3 Å². The lowest BCUT2D eigenvalue weighted by Crippen LogP contribution is -2.34. The van der Waals surface area contributed by atoms with Gasteiger partial charge in [0.25, 0.3) is 5.91 Å². The number of aromatic nitrogens is 2. The Kier molecular flexibility index (Phi) is 6.87. The van der Waals surface area contributed by atoms with E-state index in [0.29, 0.717) is 40.3 Å². The van der Waals surface area contributed by atoms with Gasteiger partial charge in [0, 0.05) is 17.3 Å². The summed E-state index contributed by atoms with van der Waals surface area (Å²) in [7, 11) is 0. The van der Waals surface area contributed by atoms with E-state index in [1.165, 1.54) is 11.3 Å². The third-order valence-corrected chi connectivity index (χ3v) is 6.24. The van der Waals surface area contributed by atoms with E-state index in [2.05, 4.69) is 20.8 Å². The quantitative estimate of drug-likeness (QED) is 0.514. The average molecular weight is 472 g/mol. The molecule has 1 saturated heterocycles. The Bertz CT molecular complexity index is 1100. The van der Waals surface area contributed by atoms with E-state index in [1.54, 1.807) is 35.2 Å². The van der Waals surface area contributed by atoms with Crippen molar-refractivity contribution in [3.63, 3.8) is 0 Å². The molecule has 10 heteroatoms. The lowest BCUT2D eigenvalue weighted by atomic mass is 10.2. The number of rotatable bonds is 6. The maximum atomic E-state index is 13.0. The molecule has 3 aromatic rings. The van der Waals surface area contributed by atoms with Crippen LogP contribution in [-0.4, -0.2) is 40.2 Å². The normalized spacial score (nSPS) is 15.4. The van der Waals surface area contributed by atoms with Crippen molar-refractivity contribution in [2.75, 3.05) is 23.8 Å². The van der Waals surface area contributed by atoms with Crippen LogP contribution < -0.4 is 15.4 Å². The zero-order valence-electron chi connectivity index (χ0n) is 17.4. The van der Waals surface area contributed by atoms with E-state index >= 15 is 0 Å². The second-order valence-electron chi connectivity index (χ2n) is 7.12. The Hall–Kier alpha value is -3.17. The fraction of sp³-hybridized carbons (Fsp3) is 0.273. The molecule has 0 spiro atoms. The molecule has 0 saturated carbocycles. The molecule has 2 aromatic carbocycles. The topological polar surface area (TPSA) is 96.4 Å². The van der Waals surface area contributed by atoms with Crippen molar-refractivity contribution in [3.8, 4) is 5.75 Å². The number of likely N-dealkylation sites (tertiary alicyclic amines) is 1. The number of nitrogens with one attached hydrogen (secondary N) is 2. The highest BCUT2D eigenvalue weighted by Gasteiger charge is 2.33. The lowest BCUT2D eigenvalue weighted by Gasteiger charge is -2.23. The van der Waals surface area contributed by atoms with Gasteiger partial charge in [0.1, 0.15) is 10.8 Å². The second kappa shape index (κ2) is 9.97. The van der Waals surface area contributed by atoms with E-state index in [-0.39, 0.29) is 23.0 Å². The van der Waals surface area contributed by atoms with Crippen LogP contribution in [0.25, 0.3) is 0 Å². The molecule has 32 heavy (non-hydrogen) atoms. The standard InChI is InChI=1S/C22H22ClN5O3S/c1-2-31-18-8-4-3-6-16(18)25-22(30)28-13-5-7-17(28)20-26-27-21(32-20)19(29)24-15-11-9-14(23)10-12-15/h3-4,6,8-12,17H,2,5,7,13H2,1H3,(H,24,29)(H,25,30)/t17-/m1/s1. The minimum atomic E-state index is -0.351. The van der Waals surface area contributed by atoms with Gasteiger partial charge in [0.15, 0.2) is 0 Å². The van der Waals surface area contributed by atoms with Crippen LogP contribution in [0.3, 0.4) is 0 Å². The molecular formula is C22H22ClN5O3S. The highest BCUT2D eigenvalue weighted by molar-refractivity contribution is 7.13. The molecule has 2 heterocycles. The SMILES string of the molecule is CCOc1ccccc1NC(=O)N1CCC[C@@H]1c1nnc(C(=O)Nc2ccc(Cl)cc2)s1. The minimum absolute atomic E-state index is 0.233. The van der Waals surface area contributed by atoms with Gasteiger partial charge in [0.05, 0.1) is 18.3 Å². The maximum absolute atomic E-state index is 13.0. The largest absolute Gasteiger partial charge is 0.492 e. The van der Waals surface area contributed by atoms with Crippen LogP contribution in [0, 0.1) is 0 Å². The van der Waals surface area contributed by atoms with Gasteiger partial charge in [-0.2, -0.15) is 0 Å². The van der Waals surface area contributed by atoms with Gasteiger partial charge in [0.2, 0.25) is 5.01 Å². The van der Waals surface area contributed by atoms with Crippen LogP contribution in [0.5, 0.6) is 5.75 Å². The summed E-state index contributed by atoms with van der Waals surface area (Å²) in [5.74, 6) is 0.270. The number of benzene rings is 2. The Morgan fingerprint density at radius 3 is 2.72 bits per heavy atom. The summed E-state index contributed by atoms with van der Waals surface area (Å²) >= 11 is 7.07. The van der Waals surface area contributed by atoms with Crippen molar-refractivity contribution in [2.45, 2.75) is 25.8 Å². The zero-order chi connectivity index (χ0) is 22.5. The van der Waals surface area contributed by atoms with Crippen molar-refractivity contribution in [1.29, 1.82) is 0 Å². The first-order valence-electron chi connectivity index (χ1n) is 10.2. The van der Waals surface area contributed by atoms with Gasteiger partial charge in [-0.05, 0) is 56.2 Å². The van der Waals surface area contributed by atoms with Gasteiger partial charge in [-0.25, -0.2) is 4.79 Å². The number of urea groups is 1. The monoisotopic (exact) mass is 471 g/mol. The highest BCUT2D eigenvalue weighted by Crippen LogP contribution is 2.35. The first-order chi connectivity index (χ1) is 15.5. The van der Waals surface area contributed by atoms with Crippen molar-refractivity contribution in [1.82, 2.24) is 15.1 Å². The second-order valence-corrected chi connectivity index (χ2v) is 8.56. The number of carbonyl (C=O) groups is 2. The summed E-state index contributed by atoms with van der Waals surface area (Å²) < 4.78 is 5.59. The van der Waals surface area contributed by atoms with Gasteiger partial charge in [-0.1, -0.05) is 35.1 Å². The first kappa shape index (κ1) is 22.0. The molecule has 1 atom stereocenters. The van der Waals surface area contributed by atoms with Gasteiger partial charge >= 0.3 is 6.03 Å². The number of carbonyl (C=O) groups excluding carboxylic acids is 2. The lowest BCUT2D eigenvalue weighted by molar-refractivity contribution is 0.102. The van der Waals surface area contributed by atoms with Crippen LogP contribution in [0.4, 0.5) is 16.2 Å². The van der Waals surface area contributed by atoms with E-state index in [9.17, 15) is 9.59 Å². The van der Waals surface area contributed by atoms with Crippen LogP contribution >= 0.6 is 22.9 Å². The third kappa shape index (κ3) is 5.00. The molecule has 0 radical (unpaired) electrons. The van der Waals surface area contributed by atoms with Crippen LogP contribution in [0.2, 0.25) is 5.02 Å². The van der Waals surface area contributed by atoms with Crippen molar-refractivity contribution < 1.29 is 14.3 Å². The molecule has 2 N–H and O–H groups in total. The number of nitrogens with zero attached hydrogens (tertiary/aromatic N) is 3. The molecule has 3 amide bonds. The van der Waals surface area contributed by atoms with Crippen molar-refractivity contribution in [2.24, 2.45) is 0 Å². The summed E-state index contributed by atoms with van der Waals surface area (Å²) in [4.78, 5) is 27.3. The zero-order valence-corrected chi connectivity index (χ0v) is 18.9. The Morgan fingerprint density at radius 2 is 1.94 bits per heavy atom. The van der Waals surface area contributed by atoms with Crippen LogP contribution in [0.15, 0.2) is 48.5 Å². The van der Waals surface area contributed by atoms with E-state index < -0.39 is 0 Å². The third-order valence-electron chi connectivity index (χ3n) is 4.96. The summed E-state index contributed by atoms with van der Waals surface area (Å²) in [5.41, 5.74) is 1.23. The fourth-order valence-corrected chi connectivity index (χ4v) is 4.50. The Balaban J connectivity index is 1.44. The van der Waals surface area contributed by atoms with Crippen molar-refractivity contribution in [3.05, 3.63) is 63.6 Å². The van der Waals surface area contributed by atoms with Gasteiger partial charge < -0.3 is 20.3 Å². The number of hydrogen-bond acceptors (Lipinski definition) is 6. The first-order valence-corrected chi connectivity index (χ1v) is 11.4. The molecular weight excluding hydrogens is 450 g/mol. The predicted molar refractivity (Wildman–Crippen MR) is 125 cm³/mol. The Labute approximate surface area is 194 Å². The molecule has 0 bridgehead atoms. The van der Waals surface area contributed by atoms with Crippen molar-refractivity contribution >= 4 is 46.3 Å². The number of hydrogen-bond donors (Lipinski definition) is 2. The molecule has 0 aliphatic carbocycles. The fourth-order valence-electron chi connectivity index (χ4n) is 3.48. The van der Waals surface area contributed by atoms with E-state index in [1.807, 2.05) is 25.1 Å². The predicted octanol–water partition coefficient (Wildman–Crippen LogP) is 5.21. The molecule has 166 valence electrons. The number of amides is 3. The summed E-state index contributed by atoms with van der Waals surface area (Å²) in [6, 6.07) is 13.7. The maximum Gasteiger partial charge on any atom is 0.322 e. The molecule has 1 aliphatic rings. The van der Waals surface area contributed by atoms with Crippen LogP contribution in [0.1, 0.15) is 40.6 Å². The molecule has 4 rings (SSSR count). The number of ether oxygens (including phenoxy) is 1. The smallest absolute Gasteiger partial charge is 0.322 e. The molecule has 1 aromatic heterocycles. The number of anilines is 2. The Morgan fingerprint density at radius 1 is 1.16 bits per heavy atom. The molecule has 1 aliphatic heterocycles. The van der Waals surface area contributed by atoms with Gasteiger partial charge in [-0.15, -0.1) is 10.2 Å². The van der Waals surface area contributed by atoms with Gasteiger partial charge in [-0.3, -0.25) is 4.79 Å². The molecule has 8 nitrogen and oxygen atoms in total. The van der Waals surface area contributed by atoms with Crippen LogP contribution in [-0.2, 0) is 0 Å². The molecule has 0 unspecified atom stereocenters. The minimum Gasteiger partial charge on any atom is -0.492 e. The summed E-state index contributed by atoms with van der Waals surface area (Å²) in [6.45, 7) is 3.00. The number of para-hydroxylation sites is 2.